The van der Waals surface area contributed by atoms with E-state index in [1.54, 1.807) is 24.0 Å². The van der Waals surface area contributed by atoms with Crippen LogP contribution in [0.25, 0.3) is 0 Å². The van der Waals surface area contributed by atoms with Crippen molar-refractivity contribution in [2.75, 3.05) is 13.1 Å². The highest BCUT2D eigenvalue weighted by Crippen LogP contribution is 2.24. The molecule has 5 nitrogen and oxygen atoms in total. The third-order valence-corrected chi connectivity index (χ3v) is 4.27. The Morgan fingerprint density at radius 3 is 2.79 bits per heavy atom. The predicted octanol–water partition coefficient (Wildman–Crippen LogP) is 0.850. The molecule has 2 amide bonds. The van der Waals surface area contributed by atoms with E-state index in [4.69, 9.17) is 0 Å². The van der Waals surface area contributed by atoms with Gasteiger partial charge >= 0.3 is 0 Å². The SMILES string of the molecule is CCC1(O)CN(C(=O)C(C)NC(=O)c2cccs2)C1. The summed E-state index contributed by atoms with van der Waals surface area (Å²) in [5.74, 6) is -0.384. The molecule has 1 fully saturated rings. The number of hydrogen-bond donors (Lipinski definition) is 2. The molecule has 19 heavy (non-hydrogen) atoms. The zero-order chi connectivity index (χ0) is 14.0. The third-order valence-electron chi connectivity index (χ3n) is 3.40. The fourth-order valence-corrected chi connectivity index (χ4v) is 2.68. The van der Waals surface area contributed by atoms with Crippen LogP contribution >= 0.6 is 11.3 Å². The quantitative estimate of drug-likeness (QED) is 0.860. The van der Waals surface area contributed by atoms with Gasteiger partial charge in [0.2, 0.25) is 5.91 Å². The van der Waals surface area contributed by atoms with E-state index < -0.39 is 11.6 Å². The lowest BCUT2D eigenvalue weighted by Crippen LogP contribution is -2.65. The fourth-order valence-electron chi connectivity index (χ4n) is 2.05. The number of carbonyl (C=O) groups is 2. The van der Waals surface area contributed by atoms with Gasteiger partial charge in [-0.25, -0.2) is 0 Å². The van der Waals surface area contributed by atoms with Crippen LogP contribution in [0, 0.1) is 0 Å². The smallest absolute Gasteiger partial charge is 0.261 e. The van der Waals surface area contributed by atoms with Crippen LogP contribution in [0.2, 0.25) is 0 Å². The molecular weight excluding hydrogens is 264 g/mol. The number of β-amino-alcohol motifs (C(OH)–C–C–N with tert-alkyl or cyclic N) is 1. The first-order valence-electron chi connectivity index (χ1n) is 6.31. The van der Waals surface area contributed by atoms with Crippen molar-refractivity contribution in [1.29, 1.82) is 0 Å². The van der Waals surface area contributed by atoms with Gasteiger partial charge in [0.05, 0.1) is 23.6 Å². The number of nitrogens with zero attached hydrogens (tertiary/aromatic N) is 1. The van der Waals surface area contributed by atoms with E-state index in [0.717, 1.165) is 0 Å². The zero-order valence-electron chi connectivity index (χ0n) is 11.0. The van der Waals surface area contributed by atoms with Crippen LogP contribution in [0.5, 0.6) is 0 Å². The molecule has 1 aromatic heterocycles. The maximum Gasteiger partial charge on any atom is 0.261 e. The van der Waals surface area contributed by atoms with Gasteiger partial charge < -0.3 is 15.3 Å². The zero-order valence-corrected chi connectivity index (χ0v) is 11.9. The Hall–Kier alpha value is -1.40. The van der Waals surface area contributed by atoms with E-state index in [0.29, 0.717) is 24.4 Å². The molecule has 2 heterocycles. The molecule has 104 valence electrons. The Labute approximate surface area is 116 Å². The predicted molar refractivity (Wildman–Crippen MR) is 73.1 cm³/mol. The van der Waals surface area contributed by atoms with Crippen molar-refractivity contribution < 1.29 is 14.7 Å². The number of hydrogen-bond acceptors (Lipinski definition) is 4. The minimum Gasteiger partial charge on any atom is -0.386 e. The van der Waals surface area contributed by atoms with Crippen molar-refractivity contribution in [3.05, 3.63) is 22.4 Å². The molecule has 1 atom stereocenters. The van der Waals surface area contributed by atoms with Gasteiger partial charge in [0.25, 0.3) is 5.91 Å². The summed E-state index contributed by atoms with van der Waals surface area (Å²) in [5, 5.41) is 14.4. The van der Waals surface area contributed by atoms with E-state index in [2.05, 4.69) is 5.32 Å². The maximum atomic E-state index is 12.0. The summed E-state index contributed by atoms with van der Waals surface area (Å²) in [6.45, 7) is 4.25. The Bertz CT molecular complexity index is 466. The monoisotopic (exact) mass is 282 g/mol. The first-order chi connectivity index (χ1) is 8.95. The third kappa shape index (κ3) is 2.96. The number of thiophene rings is 1. The molecule has 6 heteroatoms. The summed E-state index contributed by atoms with van der Waals surface area (Å²) in [7, 11) is 0. The Morgan fingerprint density at radius 1 is 1.58 bits per heavy atom. The van der Waals surface area contributed by atoms with Gasteiger partial charge in [0.15, 0.2) is 0 Å². The summed E-state index contributed by atoms with van der Waals surface area (Å²) in [4.78, 5) is 26.0. The molecule has 0 saturated carbocycles. The van der Waals surface area contributed by atoms with Crippen LogP contribution in [-0.2, 0) is 4.79 Å². The van der Waals surface area contributed by atoms with Gasteiger partial charge in [0, 0.05) is 0 Å². The minimum atomic E-state index is -0.743. The van der Waals surface area contributed by atoms with Crippen molar-refractivity contribution in [3.8, 4) is 0 Å². The lowest BCUT2D eigenvalue weighted by atomic mass is 9.91. The molecular formula is C13H18N2O3S. The topological polar surface area (TPSA) is 69.6 Å². The molecule has 0 radical (unpaired) electrons. The Kier molecular flexibility index (Phi) is 3.91. The van der Waals surface area contributed by atoms with E-state index >= 15 is 0 Å². The minimum absolute atomic E-state index is 0.150. The summed E-state index contributed by atoms with van der Waals surface area (Å²) in [6.07, 6.45) is 0.632. The second kappa shape index (κ2) is 5.30. The summed E-state index contributed by atoms with van der Waals surface area (Å²) in [5.41, 5.74) is -0.743. The summed E-state index contributed by atoms with van der Waals surface area (Å²) < 4.78 is 0. The highest BCUT2D eigenvalue weighted by Gasteiger charge is 2.43. The number of nitrogens with one attached hydrogen (secondary N) is 1. The summed E-state index contributed by atoms with van der Waals surface area (Å²) >= 11 is 1.34. The van der Waals surface area contributed by atoms with Crippen molar-refractivity contribution in [2.24, 2.45) is 0 Å². The molecule has 1 aromatic rings. The molecule has 0 aromatic carbocycles. The van der Waals surface area contributed by atoms with Crippen molar-refractivity contribution in [1.82, 2.24) is 10.2 Å². The second-order valence-electron chi connectivity index (χ2n) is 4.94. The molecule has 1 unspecified atom stereocenters. The highest BCUT2D eigenvalue weighted by molar-refractivity contribution is 7.12. The maximum absolute atomic E-state index is 12.0. The first kappa shape index (κ1) is 14.0. The number of aliphatic hydroxyl groups is 1. The number of rotatable bonds is 4. The van der Waals surface area contributed by atoms with Gasteiger partial charge in [0.1, 0.15) is 6.04 Å². The standard InChI is InChI=1S/C13H18N2O3S/c1-3-13(18)7-15(8-13)12(17)9(2)14-11(16)10-5-4-6-19-10/h4-6,9,18H,3,7-8H2,1-2H3,(H,14,16). The van der Waals surface area contributed by atoms with Gasteiger partial charge in [-0.2, -0.15) is 0 Å². The largest absolute Gasteiger partial charge is 0.386 e. The van der Waals surface area contributed by atoms with Crippen LogP contribution in [0.3, 0.4) is 0 Å². The molecule has 2 rings (SSSR count). The van der Waals surface area contributed by atoms with E-state index in [9.17, 15) is 14.7 Å². The average molecular weight is 282 g/mol. The van der Waals surface area contributed by atoms with Crippen LogP contribution < -0.4 is 5.32 Å². The van der Waals surface area contributed by atoms with Gasteiger partial charge in [-0.15, -0.1) is 11.3 Å². The second-order valence-corrected chi connectivity index (χ2v) is 5.89. The number of amides is 2. The van der Waals surface area contributed by atoms with Crippen molar-refractivity contribution in [3.63, 3.8) is 0 Å². The Balaban J connectivity index is 1.86. The summed E-state index contributed by atoms with van der Waals surface area (Å²) in [6, 6.07) is 2.94. The normalized spacial score (nSPS) is 18.6. The van der Waals surface area contributed by atoms with Crippen molar-refractivity contribution in [2.45, 2.75) is 31.9 Å². The van der Waals surface area contributed by atoms with Gasteiger partial charge in [-0.3, -0.25) is 9.59 Å². The first-order valence-corrected chi connectivity index (χ1v) is 7.19. The van der Waals surface area contributed by atoms with E-state index in [1.165, 1.54) is 11.3 Å². The molecule has 1 aliphatic rings. The van der Waals surface area contributed by atoms with Crippen LogP contribution in [0.15, 0.2) is 17.5 Å². The molecule has 0 aliphatic carbocycles. The van der Waals surface area contributed by atoms with Crippen molar-refractivity contribution >= 4 is 23.2 Å². The van der Waals surface area contributed by atoms with Crippen LogP contribution in [0.4, 0.5) is 0 Å². The lowest BCUT2D eigenvalue weighted by Gasteiger charge is -2.46. The van der Waals surface area contributed by atoms with Crippen LogP contribution in [-0.4, -0.2) is 46.6 Å². The van der Waals surface area contributed by atoms with Gasteiger partial charge in [-0.1, -0.05) is 13.0 Å². The molecule has 1 aliphatic heterocycles. The average Bonchev–Trinajstić information content (AvgIpc) is 2.87. The number of likely N-dealkylation sites (tertiary alicyclic amines) is 1. The lowest BCUT2D eigenvalue weighted by molar-refractivity contribution is -0.157. The van der Waals surface area contributed by atoms with E-state index in [1.807, 2.05) is 12.3 Å². The molecule has 0 bridgehead atoms. The Morgan fingerprint density at radius 2 is 2.26 bits per heavy atom. The van der Waals surface area contributed by atoms with E-state index in [-0.39, 0.29) is 11.8 Å². The number of carbonyl (C=O) groups excluding carboxylic acids is 2. The highest BCUT2D eigenvalue weighted by atomic mass is 32.1. The molecule has 0 spiro atoms. The fraction of sp³-hybridized carbons (Fsp3) is 0.538. The molecule has 1 saturated heterocycles. The molecule has 2 N–H and O–H groups in total. The van der Waals surface area contributed by atoms with Crippen LogP contribution in [0.1, 0.15) is 29.9 Å². The van der Waals surface area contributed by atoms with Gasteiger partial charge in [-0.05, 0) is 24.8 Å².